The largest absolute Gasteiger partial charge is 0.478 e. The predicted molar refractivity (Wildman–Crippen MR) is 72.5 cm³/mol. The first kappa shape index (κ1) is 15.5. The second kappa shape index (κ2) is 5.18. The van der Waals surface area contributed by atoms with Gasteiger partial charge in [0.05, 0.1) is 11.3 Å². The van der Waals surface area contributed by atoms with Crippen LogP contribution in [0.15, 0.2) is 23.1 Å². The summed E-state index contributed by atoms with van der Waals surface area (Å²) in [4.78, 5) is 10.7. The van der Waals surface area contributed by atoms with Gasteiger partial charge in [-0.05, 0) is 38.5 Å². The molecule has 0 radical (unpaired) electrons. The summed E-state index contributed by atoms with van der Waals surface area (Å²) in [5.41, 5.74) is 4.89. The van der Waals surface area contributed by atoms with Crippen molar-refractivity contribution in [2.45, 2.75) is 37.6 Å². The van der Waals surface area contributed by atoms with Gasteiger partial charge in [0.25, 0.3) is 0 Å². The number of carboxylic acid groups (broad SMARTS) is 1. The molecule has 0 bridgehead atoms. The first-order valence-electron chi connectivity index (χ1n) is 5.76. The third-order valence-corrected chi connectivity index (χ3v) is 4.61. The maximum atomic E-state index is 12.2. The van der Waals surface area contributed by atoms with Crippen molar-refractivity contribution in [3.63, 3.8) is 0 Å². The van der Waals surface area contributed by atoms with E-state index in [1.807, 2.05) is 6.92 Å². The molecule has 0 unspecified atom stereocenters. The summed E-state index contributed by atoms with van der Waals surface area (Å²) in [6.45, 7) is 5.37. The molecule has 106 valence electrons. The highest BCUT2D eigenvalue weighted by Crippen LogP contribution is 2.22. The van der Waals surface area contributed by atoms with E-state index in [1.54, 1.807) is 13.8 Å². The Hall–Kier alpha value is -1.60. The van der Waals surface area contributed by atoms with Gasteiger partial charge in [-0.1, -0.05) is 6.92 Å². The van der Waals surface area contributed by atoms with E-state index in [4.69, 9.17) is 10.8 Å². The van der Waals surface area contributed by atoms with Crippen LogP contribution in [-0.4, -0.2) is 25.0 Å². The van der Waals surface area contributed by atoms with E-state index in [0.29, 0.717) is 6.42 Å². The molecule has 1 aromatic carbocycles. The molecule has 0 amide bonds. The maximum Gasteiger partial charge on any atom is 0.335 e. The zero-order valence-corrected chi connectivity index (χ0v) is 11.9. The molecule has 0 spiro atoms. The number of carbonyl (C=O) groups is 1. The fraction of sp³-hybridized carbons (Fsp3) is 0.417. The molecule has 0 aliphatic rings. The minimum absolute atomic E-state index is 0.0498. The highest BCUT2D eigenvalue weighted by molar-refractivity contribution is 7.89. The quantitative estimate of drug-likeness (QED) is 0.709. The van der Waals surface area contributed by atoms with E-state index in [2.05, 4.69) is 4.72 Å². The summed E-state index contributed by atoms with van der Waals surface area (Å²) in [5, 5.41) is 8.81. The number of nitrogen functional groups attached to an aromatic ring is 1. The zero-order valence-electron chi connectivity index (χ0n) is 11.1. The molecular weight excluding hydrogens is 268 g/mol. The topological polar surface area (TPSA) is 109 Å². The van der Waals surface area contributed by atoms with E-state index >= 15 is 0 Å². The second-order valence-corrected chi connectivity index (χ2v) is 6.55. The summed E-state index contributed by atoms with van der Waals surface area (Å²) in [6, 6.07) is 3.55. The zero-order chi connectivity index (χ0) is 14.8. The van der Waals surface area contributed by atoms with Crippen LogP contribution in [0.4, 0.5) is 5.69 Å². The van der Waals surface area contributed by atoms with E-state index in [9.17, 15) is 13.2 Å². The number of hydrogen-bond acceptors (Lipinski definition) is 4. The van der Waals surface area contributed by atoms with Crippen LogP contribution >= 0.6 is 0 Å². The van der Waals surface area contributed by atoms with Gasteiger partial charge < -0.3 is 10.8 Å². The van der Waals surface area contributed by atoms with Gasteiger partial charge in [-0.25, -0.2) is 17.9 Å². The first-order valence-corrected chi connectivity index (χ1v) is 7.24. The van der Waals surface area contributed by atoms with Crippen LogP contribution in [-0.2, 0) is 10.0 Å². The van der Waals surface area contributed by atoms with Crippen LogP contribution in [0, 0.1) is 0 Å². The van der Waals surface area contributed by atoms with Crippen LogP contribution in [0.3, 0.4) is 0 Å². The van der Waals surface area contributed by atoms with Gasteiger partial charge in [0, 0.05) is 5.54 Å². The van der Waals surface area contributed by atoms with Gasteiger partial charge in [0.2, 0.25) is 10.0 Å². The number of nitrogens with two attached hydrogens (primary N) is 1. The molecule has 0 aromatic heterocycles. The molecule has 0 aliphatic carbocycles. The molecule has 0 aliphatic heterocycles. The van der Waals surface area contributed by atoms with Crippen molar-refractivity contribution in [2.24, 2.45) is 0 Å². The maximum absolute atomic E-state index is 12.2. The monoisotopic (exact) mass is 286 g/mol. The van der Waals surface area contributed by atoms with Crippen molar-refractivity contribution >= 4 is 21.7 Å². The number of anilines is 1. The summed E-state index contributed by atoms with van der Waals surface area (Å²) in [5.74, 6) is -1.16. The van der Waals surface area contributed by atoms with Crippen LogP contribution in [0.25, 0.3) is 0 Å². The van der Waals surface area contributed by atoms with Crippen molar-refractivity contribution < 1.29 is 18.3 Å². The average Bonchev–Trinajstić information content (AvgIpc) is 2.27. The Morgan fingerprint density at radius 2 is 2.00 bits per heavy atom. The van der Waals surface area contributed by atoms with Crippen molar-refractivity contribution in [3.8, 4) is 0 Å². The fourth-order valence-corrected chi connectivity index (χ4v) is 3.02. The third-order valence-electron chi connectivity index (χ3n) is 2.84. The second-order valence-electron chi connectivity index (χ2n) is 4.90. The number of aromatic carboxylic acids is 1. The van der Waals surface area contributed by atoms with Crippen LogP contribution in [0.5, 0.6) is 0 Å². The lowest BCUT2D eigenvalue weighted by Gasteiger charge is -2.24. The minimum atomic E-state index is -3.77. The van der Waals surface area contributed by atoms with Crippen LogP contribution in [0.2, 0.25) is 0 Å². The number of hydrogen-bond donors (Lipinski definition) is 3. The van der Waals surface area contributed by atoms with Gasteiger partial charge in [0.15, 0.2) is 0 Å². The molecule has 19 heavy (non-hydrogen) atoms. The minimum Gasteiger partial charge on any atom is -0.478 e. The number of carboxylic acids is 1. The van der Waals surface area contributed by atoms with Crippen molar-refractivity contribution in [1.29, 1.82) is 0 Å². The summed E-state index contributed by atoms with van der Waals surface area (Å²) >= 11 is 0. The Morgan fingerprint density at radius 3 is 2.42 bits per heavy atom. The van der Waals surface area contributed by atoms with Crippen LogP contribution in [0.1, 0.15) is 37.6 Å². The standard InChI is InChI=1S/C12H18N2O4S/c1-4-12(2,3)14-19(17,18)10-6-5-8(11(15)16)7-9(10)13/h5-7,14H,4,13H2,1-3H3,(H,15,16). The molecule has 0 saturated heterocycles. The number of benzene rings is 1. The highest BCUT2D eigenvalue weighted by Gasteiger charge is 2.26. The highest BCUT2D eigenvalue weighted by atomic mass is 32.2. The molecule has 1 aromatic rings. The van der Waals surface area contributed by atoms with Gasteiger partial charge >= 0.3 is 5.97 Å². The number of nitrogens with one attached hydrogen (secondary N) is 1. The van der Waals surface area contributed by atoms with E-state index < -0.39 is 21.5 Å². The number of rotatable bonds is 5. The van der Waals surface area contributed by atoms with E-state index in [0.717, 1.165) is 6.07 Å². The molecule has 0 heterocycles. The van der Waals surface area contributed by atoms with E-state index in [1.165, 1.54) is 12.1 Å². The fourth-order valence-electron chi connectivity index (χ4n) is 1.42. The summed E-state index contributed by atoms with van der Waals surface area (Å²) in [7, 11) is -3.77. The smallest absolute Gasteiger partial charge is 0.335 e. The Balaban J connectivity index is 3.20. The Kier molecular flexibility index (Phi) is 4.21. The van der Waals surface area contributed by atoms with Crippen LogP contribution < -0.4 is 10.5 Å². The van der Waals surface area contributed by atoms with Crippen molar-refractivity contribution in [2.75, 3.05) is 5.73 Å². The molecule has 6 nitrogen and oxygen atoms in total. The lowest BCUT2D eigenvalue weighted by atomic mass is 10.0. The molecular formula is C12H18N2O4S. The predicted octanol–water partition coefficient (Wildman–Crippen LogP) is 1.43. The lowest BCUT2D eigenvalue weighted by Crippen LogP contribution is -2.42. The summed E-state index contributed by atoms with van der Waals surface area (Å²) < 4.78 is 26.9. The number of sulfonamides is 1. The van der Waals surface area contributed by atoms with Gasteiger partial charge in [0.1, 0.15) is 4.90 Å². The van der Waals surface area contributed by atoms with E-state index in [-0.39, 0.29) is 16.1 Å². The SMILES string of the molecule is CCC(C)(C)NS(=O)(=O)c1ccc(C(=O)O)cc1N. The molecule has 7 heteroatoms. The van der Waals surface area contributed by atoms with Gasteiger partial charge in [-0.3, -0.25) is 0 Å². The Bertz CT molecular complexity index is 594. The normalized spacial score (nSPS) is 12.4. The average molecular weight is 286 g/mol. The molecule has 4 N–H and O–H groups in total. The molecule has 1 rings (SSSR count). The Labute approximate surface area is 112 Å². The first-order chi connectivity index (χ1) is 8.59. The van der Waals surface area contributed by atoms with Gasteiger partial charge in [-0.2, -0.15) is 0 Å². The third kappa shape index (κ3) is 3.68. The Morgan fingerprint density at radius 1 is 1.42 bits per heavy atom. The molecule has 0 fully saturated rings. The summed E-state index contributed by atoms with van der Waals surface area (Å²) in [6.07, 6.45) is 0.610. The molecule has 0 atom stereocenters. The van der Waals surface area contributed by atoms with Gasteiger partial charge in [-0.15, -0.1) is 0 Å². The van der Waals surface area contributed by atoms with Crippen molar-refractivity contribution in [3.05, 3.63) is 23.8 Å². The van der Waals surface area contributed by atoms with Crippen molar-refractivity contribution in [1.82, 2.24) is 4.72 Å². The lowest BCUT2D eigenvalue weighted by molar-refractivity contribution is 0.0697. The molecule has 0 saturated carbocycles.